The van der Waals surface area contributed by atoms with E-state index in [1.807, 2.05) is 0 Å². The molecular weight excluding hydrogens is 171 g/mol. The zero-order valence-electron chi connectivity index (χ0n) is 9.30. The minimum Gasteiger partial charge on any atom is -0.311 e. The largest absolute Gasteiger partial charge is 0.311 e. The van der Waals surface area contributed by atoms with Gasteiger partial charge in [0.1, 0.15) is 0 Å². The molecular formula is C12H21BO. The first-order valence-electron chi connectivity index (χ1n) is 6.30. The van der Waals surface area contributed by atoms with Crippen molar-refractivity contribution in [2.75, 3.05) is 0 Å². The molecule has 0 aromatic heterocycles. The summed E-state index contributed by atoms with van der Waals surface area (Å²) in [6.45, 7) is 2.69. The first-order valence-corrected chi connectivity index (χ1v) is 6.30. The van der Waals surface area contributed by atoms with E-state index in [-0.39, 0.29) is 0 Å². The van der Waals surface area contributed by atoms with E-state index in [2.05, 4.69) is 6.92 Å². The van der Waals surface area contributed by atoms with Crippen molar-refractivity contribution in [2.45, 2.75) is 64.0 Å². The van der Waals surface area contributed by atoms with Gasteiger partial charge in [0, 0.05) is 0 Å². The quantitative estimate of drug-likeness (QED) is 0.613. The topological polar surface area (TPSA) is 17.1 Å². The molecule has 0 amide bonds. The van der Waals surface area contributed by atoms with E-state index in [4.69, 9.17) is 0 Å². The van der Waals surface area contributed by atoms with E-state index in [0.29, 0.717) is 18.2 Å². The molecule has 1 unspecified atom stereocenters. The predicted molar refractivity (Wildman–Crippen MR) is 60.8 cm³/mol. The van der Waals surface area contributed by atoms with Crippen LogP contribution >= 0.6 is 0 Å². The summed E-state index contributed by atoms with van der Waals surface area (Å²) >= 11 is 0. The van der Waals surface area contributed by atoms with Crippen molar-refractivity contribution >= 4 is 12.4 Å². The minimum absolute atomic E-state index is 0.429. The van der Waals surface area contributed by atoms with Gasteiger partial charge in [0.05, 0.1) is 5.68 Å². The lowest BCUT2D eigenvalue weighted by Gasteiger charge is -2.24. The van der Waals surface area contributed by atoms with E-state index >= 15 is 0 Å². The van der Waals surface area contributed by atoms with Gasteiger partial charge in [0.25, 0.3) is 0 Å². The highest BCUT2D eigenvalue weighted by atomic mass is 16.1. The zero-order valence-corrected chi connectivity index (χ0v) is 9.30. The second kappa shape index (κ2) is 4.50. The maximum atomic E-state index is 11.7. The summed E-state index contributed by atoms with van der Waals surface area (Å²) in [5.41, 5.74) is 0.558. The average Bonchev–Trinajstić information content (AvgIpc) is 2.51. The third-order valence-electron chi connectivity index (χ3n) is 4.26. The molecule has 1 saturated carbocycles. The maximum absolute atomic E-state index is 11.7. The van der Waals surface area contributed by atoms with Gasteiger partial charge in [-0.25, -0.2) is 0 Å². The molecule has 2 aliphatic rings. The van der Waals surface area contributed by atoms with Crippen LogP contribution in [0.5, 0.6) is 0 Å². The first kappa shape index (κ1) is 10.3. The summed E-state index contributed by atoms with van der Waals surface area (Å²) in [6, 6.07) is 0. The number of carbonyl (C=O) groups is 1. The molecule has 0 radical (unpaired) electrons. The molecule has 14 heavy (non-hydrogen) atoms. The van der Waals surface area contributed by atoms with Gasteiger partial charge in [-0.2, -0.15) is 0 Å². The van der Waals surface area contributed by atoms with Gasteiger partial charge in [-0.05, 0) is 12.3 Å². The Morgan fingerprint density at radius 2 is 1.93 bits per heavy atom. The molecule has 0 N–H and O–H groups in total. The molecule has 0 spiro atoms. The number of hydrogen-bond acceptors (Lipinski definition) is 1. The van der Waals surface area contributed by atoms with Crippen LogP contribution in [0, 0.1) is 5.92 Å². The molecule has 1 aliphatic carbocycles. The van der Waals surface area contributed by atoms with Gasteiger partial charge >= 0.3 is 0 Å². The van der Waals surface area contributed by atoms with Crippen LogP contribution in [0.25, 0.3) is 0 Å². The van der Waals surface area contributed by atoms with Crippen molar-refractivity contribution in [1.82, 2.24) is 0 Å². The molecule has 2 fully saturated rings. The van der Waals surface area contributed by atoms with Gasteiger partial charge < -0.3 is 4.79 Å². The Labute approximate surface area is 87.7 Å². The van der Waals surface area contributed by atoms with Gasteiger partial charge in [-0.15, -0.1) is 0 Å². The Bertz CT molecular complexity index is 208. The Morgan fingerprint density at radius 1 is 1.21 bits per heavy atom. The maximum Gasteiger partial charge on any atom is 0.226 e. The Morgan fingerprint density at radius 3 is 2.50 bits per heavy atom. The molecule has 1 nitrogen and oxygen atoms in total. The predicted octanol–water partition coefficient (Wildman–Crippen LogP) is 3.35. The molecule has 2 heteroatoms. The number of carbonyl (C=O) groups excluding carboxylic acids is 1. The van der Waals surface area contributed by atoms with Crippen LogP contribution in [0.15, 0.2) is 0 Å². The molecule has 1 heterocycles. The smallest absolute Gasteiger partial charge is 0.226 e. The van der Waals surface area contributed by atoms with Gasteiger partial charge in [-0.3, -0.25) is 0 Å². The van der Waals surface area contributed by atoms with Crippen LogP contribution in [0.3, 0.4) is 0 Å². The molecule has 0 bridgehead atoms. The van der Waals surface area contributed by atoms with Gasteiger partial charge in [0.15, 0.2) is 0 Å². The van der Waals surface area contributed by atoms with Crippen LogP contribution in [0.1, 0.15) is 51.9 Å². The lowest BCUT2D eigenvalue weighted by molar-refractivity contribution is -0.111. The van der Waals surface area contributed by atoms with Crippen molar-refractivity contribution in [3.63, 3.8) is 0 Å². The Kier molecular flexibility index (Phi) is 3.30. The summed E-state index contributed by atoms with van der Waals surface area (Å²) in [6.07, 6.45) is 10.2. The van der Waals surface area contributed by atoms with Crippen molar-refractivity contribution in [2.24, 2.45) is 5.92 Å². The summed E-state index contributed by atoms with van der Waals surface area (Å²) in [7, 11) is 0. The second-order valence-corrected chi connectivity index (χ2v) is 5.33. The van der Waals surface area contributed by atoms with Crippen LogP contribution in [-0.2, 0) is 4.79 Å². The van der Waals surface area contributed by atoms with E-state index < -0.39 is 0 Å². The van der Waals surface area contributed by atoms with Crippen molar-refractivity contribution in [1.29, 1.82) is 0 Å². The fourth-order valence-electron chi connectivity index (χ4n) is 3.22. The summed E-state index contributed by atoms with van der Waals surface area (Å²) in [5, 5.41) is 0. The van der Waals surface area contributed by atoms with Crippen LogP contribution < -0.4 is 0 Å². The normalized spacial score (nSPS) is 29.9. The van der Waals surface area contributed by atoms with Crippen molar-refractivity contribution in [3.8, 4) is 0 Å². The van der Waals surface area contributed by atoms with Gasteiger partial charge in [0.2, 0.25) is 6.71 Å². The van der Waals surface area contributed by atoms with E-state index in [1.54, 1.807) is 0 Å². The van der Waals surface area contributed by atoms with Crippen LogP contribution in [0.2, 0.25) is 12.1 Å². The molecule has 1 atom stereocenters. The lowest BCUT2D eigenvalue weighted by atomic mass is 9.38. The van der Waals surface area contributed by atoms with Gasteiger partial charge in [-0.1, -0.05) is 57.6 Å². The average molecular weight is 192 g/mol. The summed E-state index contributed by atoms with van der Waals surface area (Å²) < 4.78 is 0. The Hall–Kier alpha value is -0.265. The monoisotopic (exact) mass is 192 g/mol. The van der Waals surface area contributed by atoms with Crippen LogP contribution in [-0.4, -0.2) is 12.4 Å². The Balaban J connectivity index is 1.85. The second-order valence-electron chi connectivity index (χ2n) is 5.33. The fourth-order valence-corrected chi connectivity index (χ4v) is 3.22. The van der Waals surface area contributed by atoms with E-state index in [9.17, 15) is 4.79 Å². The van der Waals surface area contributed by atoms with Crippen molar-refractivity contribution < 1.29 is 4.79 Å². The zero-order chi connectivity index (χ0) is 9.97. The van der Waals surface area contributed by atoms with E-state index in [1.165, 1.54) is 38.4 Å². The summed E-state index contributed by atoms with van der Waals surface area (Å²) in [4.78, 5) is 11.7. The molecule has 78 valence electrons. The molecule has 0 aromatic carbocycles. The standard InChI is InChI=1S/C12H21BO/c1-10-7-8-12(14)13(10)9-11-5-3-2-4-6-11/h10-11H,2-9H2,1H3. The molecule has 1 aliphatic heterocycles. The number of rotatable bonds is 2. The fraction of sp³-hybridized carbons (Fsp3) is 0.917. The highest BCUT2D eigenvalue weighted by molar-refractivity contribution is 6.92. The van der Waals surface area contributed by atoms with Crippen molar-refractivity contribution in [3.05, 3.63) is 0 Å². The van der Waals surface area contributed by atoms with Crippen LogP contribution in [0.4, 0.5) is 0 Å². The third-order valence-corrected chi connectivity index (χ3v) is 4.26. The lowest BCUT2D eigenvalue weighted by Crippen LogP contribution is -2.26. The first-order chi connectivity index (χ1) is 6.77. The molecule has 0 aromatic rings. The number of hydrogen-bond donors (Lipinski definition) is 0. The minimum atomic E-state index is 0.429. The highest BCUT2D eigenvalue weighted by Crippen LogP contribution is 2.35. The molecule has 1 saturated heterocycles. The highest BCUT2D eigenvalue weighted by Gasteiger charge is 2.36. The molecule has 2 rings (SSSR count). The summed E-state index contributed by atoms with van der Waals surface area (Å²) in [5.74, 6) is 1.54. The van der Waals surface area contributed by atoms with E-state index in [0.717, 1.165) is 18.8 Å². The SMILES string of the molecule is CC1CCC(=O)B1CC1CCCCC1. The third kappa shape index (κ3) is 2.21.